The maximum absolute atomic E-state index is 13.4. The van der Waals surface area contributed by atoms with Crippen molar-refractivity contribution in [1.82, 2.24) is 0 Å². The van der Waals surface area contributed by atoms with Gasteiger partial charge in [-0.1, -0.05) is 24.3 Å². The first-order chi connectivity index (χ1) is 17.9. The zero-order valence-electron chi connectivity index (χ0n) is 20.2. The Labute approximate surface area is 214 Å². The van der Waals surface area contributed by atoms with Crippen molar-refractivity contribution in [2.45, 2.75) is 38.6 Å². The fraction of sp³-hybridized carbons (Fsp3) is 0.200. The van der Waals surface area contributed by atoms with Crippen LogP contribution in [0.1, 0.15) is 53.6 Å². The molecule has 7 heteroatoms. The number of ether oxygens (including phenoxy) is 1. The fourth-order valence-corrected chi connectivity index (χ4v) is 5.06. The highest BCUT2D eigenvalue weighted by molar-refractivity contribution is 6.51. The number of aliphatic hydroxyl groups is 1. The number of aliphatic hydroxyl groups excluding tert-OH is 1. The van der Waals surface area contributed by atoms with E-state index in [0.29, 0.717) is 22.4 Å². The summed E-state index contributed by atoms with van der Waals surface area (Å²) in [6.45, 7) is 1.28. The highest BCUT2D eigenvalue weighted by Crippen LogP contribution is 2.43. The van der Waals surface area contributed by atoms with Gasteiger partial charge in [0.1, 0.15) is 11.5 Å². The third-order valence-corrected chi connectivity index (χ3v) is 6.78. The Morgan fingerprint density at radius 2 is 1.73 bits per heavy atom. The van der Waals surface area contributed by atoms with Gasteiger partial charge in [-0.05, 0) is 84.8 Å². The van der Waals surface area contributed by atoms with E-state index < -0.39 is 23.7 Å². The number of amides is 1. The molecular weight excluding hydrogens is 468 g/mol. The SMILES string of the molecule is CC(=O)Oc1cccc(C2/C(=C(/O)c3ccc4c(c3)CCCC4)C(=O)C(=O)N2c2ccc(C#N)cc2)c1. The second-order valence-electron chi connectivity index (χ2n) is 9.18. The van der Waals surface area contributed by atoms with Crippen molar-refractivity contribution in [3.05, 3.63) is 100 Å². The minimum absolute atomic E-state index is 0.0508. The van der Waals surface area contributed by atoms with Crippen molar-refractivity contribution >= 4 is 29.1 Å². The Balaban J connectivity index is 1.69. The van der Waals surface area contributed by atoms with Crippen LogP contribution in [-0.2, 0) is 27.2 Å². The third kappa shape index (κ3) is 4.50. The molecule has 3 aromatic rings. The summed E-state index contributed by atoms with van der Waals surface area (Å²) in [4.78, 5) is 39.6. The lowest BCUT2D eigenvalue weighted by molar-refractivity contribution is -0.132. The number of Topliss-reactive ketones (excluding diaryl/α,β-unsaturated/α-hetero) is 1. The van der Waals surface area contributed by atoms with Crippen molar-refractivity contribution < 1.29 is 24.2 Å². The Bertz CT molecular complexity index is 1500. The predicted octanol–water partition coefficient (Wildman–Crippen LogP) is 4.99. The van der Waals surface area contributed by atoms with Gasteiger partial charge in [0.05, 0.1) is 23.2 Å². The van der Waals surface area contributed by atoms with Gasteiger partial charge in [-0.15, -0.1) is 0 Å². The third-order valence-electron chi connectivity index (χ3n) is 6.78. The monoisotopic (exact) mass is 492 g/mol. The highest BCUT2D eigenvalue weighted by atomic mass is 16.5. The van der Waals surface area contributed by atoms with Crippen molar-refractivity contribution in [3.8, 4) is 11.8 Å². The highest BCUT2D eigenvalue weighted by Gasteiger charge is 2.47. The van der Waals surface area contributed by atoms with Crippen LogP contribution < -0.4 is 9.64 Å². The summed E-state index contributed by atoms with van der Waals surface area (Å²) in [5.41, 5.74) is 4.07. The molecule has 2 aliphatic rings. The summed E-state index contributed by atoms with van der Waals surface area (Å²) in [7, 11) is 0. The number of ketones is 1. The molecule has 1 unspecified atom stereocenters. The summed E-state index contributed by atoms with van der Waals surface area (Å²) in [5.74, 6) is -2.13. The van der Waals surface area contributed by atoms with Crippen LogP contribution >= 0.6 is 0 Å². The Morgan fingerprint density at radius 3 is 2.43 bits per heavy atom. The van der Waals surface area contributed by atoms with E-state index in [-0.39, 0.29) is 17.1 Å². The largest absolute Gasteiger partial charge is 0.507 e. The molecular formula is C30H24N2O5. The van der Waals surface area contributed by atoms with Gasteiger partial charge in [-0.2, -0.15) is 5.26 Å². The number of hydrogen-bond donors (Lipinski definition) is 1. The lowest BCUT2D eigenvalue weighted by Crippen LogP contribution is -2.29. The molecule has 0 saturated carbocycles. The Kier molecular flexibility index (Phi) is 6.33. The van der Waals surface area contributed by atoms with Crippen molar-refractivity contribution in [2.24, 2.45) is 0 Å². The molecule has 37 heavy (non-hydrogen) atoms. The molecule has 0 radical (unpaired) electrons. The van der Waals surface area contributed by atoms with Crippen LogP contribution in [-0.4, -0.2) is 22.8 Å². The van der Waals surface area contributed by atoms with E-state index in [2.05, 4.69) is 0 Å². The molecule has 1 amide bonds. The van der Waals surface area contributed by atoms with Gasteiger partial charge < -0.3 is 9.84 Å². The number of hydrogen-bond acceptors (Lipinski definition) is 6. The summed E-state index contributed by atoms with van der Waals surface area (Å²) in [6.07, 6.45) is 4.04. The van der Waals surface area contributed by atoms with E-state index in [1.165, 1.54) is 17.4 Å². The summed E-state index contributed by atoms with van der Waals surface area (Å²) in [5, 5.41) is 20.6. The number of anilines is 1. The molecule has 1 N–H and O–H groups in total. The Morgan fingerprint density at radius 1 is 1.00 bits per heavy atom. The molecule has 7 nitrogen and oxygen atoms in total. The first kappa shape index (κ1) is 24.0. The number of rotatable bonds is 4. The molecule has 0 aromatic heterocycles. The van der Waals surface area contributed by atoms with E-state index >= 15 is 0 Å². The number of esters is 1. The number of fused-ring (bicyclic) bond motifs is 1. The fourth-order valence-electron chi connectivity index (χ4n) is 5.06. The molecule has 1 fully saturated rings. The summed E-state index contributed by atoms with van der Waals surface area (Å²) < 4.78 is 5.24. The minimum Gasteiger partial charge on any atom is -0.507 e. The molecule has 1 saturated heterocycles. The van der Waals surface area contributed by atoms with E-state index in [1.807, 2.05) is 18.2 Å². The summed E-state index contributed by atoms with van der Waals surface area (Å²) in [6, 6.07) is 19.5. The minimum atomic E-state index is -0.973. The van der Waals surface area contributed by atoms with Crippen LogP contribution in [0.4, 0.5) is 5.69 Å². The van der Waals surface area contributed by atoms with Crippen molar-refractivity contribution in [2.75, 3.05) is 4.90 Å². The smallest absolute Gasteiger partial charge is 0.308 e. The normalized spacial score (nSPS) is 18.3. The lowest BCUT2D eigenvalue weighted by Gasteiger charge is -2.26. The van der Waals surface area contributed by atoms with E-state index in [9.17, 15) is 24.8 Å². The van der Waals surface area contributed by atoms with Crippen LogP contribution in [0.25, 0.3) is 5.76 Å². The molecule has 1 atom stereocenters. The number of nitriles is 1. The van der Waals surface area contributed by atoms with Gasteiger partial charge in [0.25, 0.3) is 11.7 Å². The zero-order chi connectivity index (χ0) is 26.1. The molecule has 184 valence electrons. The van der Waals surface area contributed by atoms with Crippen molar-refractivity contribution in [1.29, 1.82) is 5.26 Å². The first-order valence-corrected chi connectivity index (χ1v) is 12.1. The average Bonchev–Trinajstić information content (AvgIpc) is 3.18. The second-order valence-corrected chi connectivity index (χ2v) is 9.18. The van der Waals surface area contributed by atoms with Crippen LogP contribution in [0.15, 0.2) is 72.3 Å². The van der Waals surface area contributed by atoms with Crippen molar-refractivity contribution in [3.63, 3.8) is 0 Å². The van der Waals surface area contributed by atoms with E-state index in [1.54, 1.807) is 54.6 Å². The quantitative estimate of drug-likeness (QED) is 0.181. The molecule has 1 heterocycles. The number of nitrogens with zero attached hydrogens (tertiary/aromatic N) is 2. The van der Waals surface area contributed by atoms with Gasteiger partial charge >= 0.3 is 5.97 Å². The van der Waals surface area contributed by atoms with E-state index in [4.69, 9.17) is 4.74 Å². The topological polar surface area (TPSA) is 108 Å². The first-order valence-electron chi connectivity index (χ1n) is 12.1. The Hall–Kier alpha value is -4.70. The van der Waals surface area contributed by atoms with Gasteiger partial charge in [0, 0.05) is 18.2 Å². The second kappa shape index (κ2) is 9.75. The van der Waals surface area contributed by atoms with Gasteiger partial charge in [0.15, 0.2) is 0 Å². The number of carbonyl (C=O) groups is 3. The van der Waals surface area contributed by atoms with Gasteiger partial charge in [-0.3, -0.25) is 19.3 Å². The zero-order valence-corrected chi connectivity index (χ0v) is 20.2. The predicted molar refractivity (Wildman–Crippen MR) is 137 cm³/mol. The number of carbonyl (C=O) groups excluding carboxylic acids is 3. The molecule has 0 bridgehead atoms. The van der Waals surface area contributed by atoms with E-state index in [0.717, 1.165) is 31.2 Å². The van der Waals surface area contributed by atoms with Crippen LogP contribution in [0, 0.1) is 11.3 Å². The van der Waals surface area contributed by atoms with Gasteiger partial charge in [-0.25, -0.2) is 0 Å². The maximum atomic E-state index is 13.4. The van der Waals surface area contributed by atoms with Crippen LogP contribution in [0.3, 0.4) is 0 Å². The molecule has 5 rings (SSSR count). The maximum Gasteiger partial charge on any atom is 0.308 e. The van der Waals surface area contributed by atoms with Gasteiger partial charge in [0.2, 0.25) is 0 Å². The molecule has 0 spiro atoms. The number of aryl methyl sites for hydroxylation is 2. The van der Waals surface area contributed by atoms with Crippen LogP contribution in [0.2, 0.25) is 0 Å². The molecule has 3 aromatic carbocycles. The molecule has 1 aliphatic heterocycles. The molecule has 1 aliphatic carbocycles. The average molecular weight is 493 g/mol. The summed E-state index contributed by atoms with van der Waals surface area (Å²) >= 11 is 0. The lowest BCUT2D eigenvalue weighted by atomic mass is 9.88. The van der Waals surface area contributed by atoms with Crippen LogP contribution in [0.5, 0.6) is 5.75 Å². The standard InChI is InChI=1S/C30H24N2O5/c1-18(33)37-25-8-4-7-22(16-25)27-26(28(34)23-12-11-20-5-2-3-6-21(20)15-23)29(35)30(36)32(27)24-13-9-19(17-31)10-14-24/h4,7-16,27,34H,2-3,5-6H2,1H3/b28-26-. The number of benzene rings is 3.